The molecule has 0 aliphatic heterocycles. The Balaban J connectivity index is 0.00000220. The van der Waals surface area contributed by atoms with E-state index in [2.05, 4.69) is 27.4 Å². The van der Waals surface area contributed by atoms with E-state index in [1.165, 1.54) is 0 Å². The van der Waals surface area contributed by atoms with Crippen molar-refractivity contribution in [2.75, 3.05) is 11.9 Å². The predicted molar refractivity (Wildman–Crippen MR) is 94.2 cm³/mol. The van der Waals surface area contributed by atoms with Gasteiger partial charge >= 0.3 is 0 Å². The fourth-order valence-corrected chi connectivity index (χ4v) is 2.13. The van der Waals surface area contributed by atoms with Gasteiger partial charge in [0.2, 0.25) is 0 Å². The third-order valence-corrected chi connectivity index (χ3v) is 3.04. The molecule has 0 saturated heterocycles. The van der Waals surface area contributed by atoms with Crippen LogP contribution < -0.4 is 11.1 Å². The molecule has 0 aromatic carbocycles. The smallest absolute Gasteiger partial charge is 0.194 e. The van der Waals surface area contributed by atoms with Crippen LogP contribution in [0.15, 0.2) is 33.9 Å². The maximum absolute atomic E-state index is 5.84. The number of anilines is 1. The van der Waals surface area contributed by atoms with Crippen molar-refractivity contribution in [2.45, 2.75) is 26.7 Å². The van der Waals surface area contributed by atoms with Gasteiger partial charge in [0.1, 0.15) is 11.6 Å². The van der Waals surface area contributed by atoms with Gasteiger partial charge in [0.05, 0.1) is 5.69 Å². The molecule has 3 N–H and O–H groups in total. The number of nitrogens with one attached hydrogen (secondary N) is 1. The summed E-state index contributed by atoms with van der Waals surface area (Å²) in [6.07, 6.45) is 1.70. The van der Waals surface area contributed by atoms with Crippen LogP contribution in [0, 0.1) is 13.8 Å². The first-order valence-corrected chi connectivity index (χ1v) is 6.48. The van der Waals surface area contributed by atoms with Crippen molar-refractivity contribution in [2.24, 2.45) is 10.7 Å². The molecule has 0 saturated carbocycles. The lowest BCUT2D eigenvalue weighted by Crippen LogP contribution is -2.24. The van der Waals surface area contributed by atoms with Crippen LogP contribution in [0.3, 0.4) is 0 Å². The summed E-state index contributed by atoms with van der Waals surface area (Å²) in [5, 5.41) is 6.90. The Morgan fingerprint density at radius 2 is 2.19 bits per heavy atom. The highest BCUT2D eigenvalue weighted by Crippen LogP contribution is 2.23. The number of aliphatic imine (C=N–C) groups is 1. The maximum Gasteiger partial charge on any atom is 0.194 e. The molecule has 0 aliphatic rings. The number of hydrogen-bond acceptors (Lipinski definition) is 4. The molecule has 2 aromatic rings. The second-order valence-corrected chi connectivity index (χ2v) is 4.70. The van der Waals surface area contributed by atoms with Crippen LogP contribution in [0.4, 0.5) is 5.82 Å². The van der Waals surface area contributed by atoms with Crippen molar-refractivity contribution in [3.8, 4) is 0 Å². The zero-order valence-corrected chi connectivity index (χ0v) is 14.7. The Labute approximate surface area is 141 Å². The Bertz CT molecular complexity index is 577. The molecule has 1 unspecified atom stereocenters. The molecule has 114 valence electrons. The van der Waals surface area contributed by atoms with Crippen molar-refractivity contribution in [3.63, 3.8) is 0 Å². The second-order valence-electron chi connectivity index (χ2n) is 4.70. The van der Waals surface area contributed by atoms with Crippen molar-refractivity contribution in [1.29, 1.82) is 0 Å². The second kappa shape index (κ2) is 7.96. The Hall–Kier alpha value is -1.64. The van der Waals surface area contributed by atoms with Gasteiger partial charge in [-0.3, -0.25) is 4.99 Å². The summed E-state index contributed by atoms with van der Waals surface area (Å²) in [5.41, 5.74) is 7.84. The first-order valence-electron chi connectivity index (χ1n) is 6.48. The number of aromatic nitrogens is 2. The van der Waals surface area contributed by atoms with E-state index in [-0.39, 0.29) is 29.9 Å². The first-order chi connectivity index (χ1) is 9.58. The summed E-state index contributed by atoms with van der Waals surface area (Å²) in [6.45, 7) is 6.48. The topological polar surface area (TPSA) is 89.3 Å². The van der Waals surface area contributed by atoms with E-state index in [9.17, 15) is 0 Å². The zero-order valence-electron chi connectivity index (χ0n) is 12.3. The number of pyridine rings is 1. The highest BCUT2D eigenvalue weighted by atomic mass is 127. The molecule has 2 aromatic heterocycles. The minimum absolute atomic E-state index is 0. The summed E-state index contributed by atoms with van der Waals surface area (Å²) in [6, 6.07) is 5.56. The van der Waals surface area contributed by atoms with Gasteiger partial charge < -0.3 is 15.6 Å². The summed E-state index contributed by atoms with van der Waals surface area (Å²) >= 11 is 0. The highest BCUT2D eigenvalue weighted by Gasteiger charge is 2.15. The Morgan fingerprint density at radius 1 is 1.43 bits per heavy atom. The minimum Gasteiger partial charge on any atom is -0.370 e. The molecule has 2 heterocycles. The van der Waals surface area contributed by atoms with Crippen molar-refractivity contribution in [3.05, 3.63) is 41.4 Å². The quantitative estimate of drug-likeness (QED) is 0.467. The number of rotatable bonds is 4. The van der Waals surface area contributed by atoms with Crippen molar-refractivity contribution >= 4 is 35.8 Å². The van der Waals surface area contributed by atoms with Gasteiger partial charge in [-0.05, 0) is 26.0 Å². The fourth-order valence-electron chi connectivity index (χ4n) is 2.13. The van der Waals surface area contributed by atoms with Gasteiger partial charge in [0, 0.05) is 24.2 Å². The molecule has 0 bridgehead atoms. The third-order valence-electron chi connectivity index (χ3n) is 3.04. The molecule has 0 radical (unpaired) electrons. The zero-order chi connectivity index (χ0) is 14.5. The fraction of sp³-hybridized carbons (Fsp3) is 0.357. The average molecular weight is 401 g/mol. The standard InChI is InChI=1S/C14H19N5O.HI/c1-9(13-10(2)19-20-11(13)3)8-17-14(15)18-12-6-4-5-7-16-12;/h4-7,9H,8H2,1-3H3,(H3,15,16,17,18);1H. The molecule has 0 amide bonds. The number of guanidine groups is 1. The molecule has 6 nitrogen and oxygen atoms in total. The van der Waals surface area contributed by atoms with E-state index in [1.54, 1.807) is 6.20 Å². The van der Waals surface area contributed by atoms with E-state index in [0.29, 0.717) is 18.3 Å². The molecule has 0 aliphatic carbocycles. The van der Waals surface area contributed by atoms with Crippen LogP contribution in [0.25, 0.3) is 0 Å². The molecule has 0 spiro atoms. The Kier molecular flexibility index (Phi) is 6.60. The van der Waals surface area contributed by atoms with E-state index < -0.39 is 0 Å². The lowest BCUT2D eigenvalue weighted by Gasteiger charge is -2.09. The first kappa shape index (κ1) is 17.4. The van der Waals surface area contributed by atoms with Crippen LogP contribution in [0.5, 0.6) is 0 Å². The van der Waals surface area contributed by atoms with Crippen molar-refractivity contribution in [1.82, 2.24) is 10.1 Å². The van der Waals surface area contributed by atoms with Crippen LogP contribution >= 0.6 is 24.0 Å². The number of hydrogen-bond donors (Lipinski definition) is 2. The Morgan fingerprint density at radius 3 is 2.76 bits per heavy atom. The van der Waals surface area contributed by atoms with Gasteiger partial charge in [0.15, 0.2) is 5.96 Å². The molecule has 1 atom stereocenters. The van der Waals surface area contributed by atoms with Gasteiger partial charge in [-0.2, -0.15) is 0 Å². The SMILES string of the molecule is Cc1noc(C)c1C(C)CN=C(N)Nc1ccccn1.I. The summed E-state index contributed by atoms with van der Waals surface area (Å²) < 4.78 is 5.16. The largest absolute Gasteiger partial charge is 0.370 e. The molecule has 0 fully saturated rings. The average Bonchev–Trinajstić information content (AvgIpc) is 2.77. The highest BCUT2D eigenvalue weighted by molar-refractivity contribution is 14.0. The van der Waals surface area contributed by atoms with Crippen LogP contribution in [0.1, 0.15) is 29.9 Å². The van der Waals surface area contributed by atoms with Gasteiger partial charge in [0.25, 0.3) is 0 Å². The van der Waals surface area contributed by atoms with Crippen LogP contribution in [-0.2, 0) is 0 Å². The molecule has 2 rings (SSSR count). The molecule has 7 heteroatoms. The normalized spacial score (nSPS) is 12.6. The van der Waals surface area contributed by atoms with E-state index in [0.717, 1.165) is 17.0 Å². The maximum atomic E-state index is 5.84. The number of aryl methyl sites for hydroxylation is 2. The number of nitrogens with two attached hydrogens (primary N) is 1. The number of nitrogens with zero attached hydrogens (tertiary/aromatic N) is 3. The van der Waals surface area contributed by atoms with Gasteiger partial charge in [-0.15, -0.1) is 24.0 Å². The predicted octanol–water partition coefficient (Wildman–Crippen LogP) is 2.83. The molecular weight excluding hydrogens is 381 g/mol. The van der Waals surface area contributed by atoms with Crippen molar-refractivity contribution < 1.29 is 4.52 Å². The molecule has 21 heavy (non-hydrogen) atoms. The lowest BCUT2D eigenvalue weighted by molar-refractivity contribution is 0.391. The number of halogens is 1. The lowest BCUT2D eigenvalue weighted by atomic mass is 10.00. The van der Waals surface area contributed by atoms with E-state index >= 15 is 0 Å². The monoisotopic (exact) mass is 401 g/mol. The summed E-state index contributed by atoms with van der Waals surface area (Å²) in [5.74, 6) is 2.06. The van der Waals surface area contributed by atoms with Crippen LogP contribution in [-0.4, -0.2) is 22.6 Å². The third kappa shape index (κ3) is 4.69. The van der Waals surface area contributed by atoms with Gasteiger partial charge in [-0.1, -0.05) is 18.1 Å². The van der Waals surface area contributed by atoms with Crippen LogP contribution in [0.2, 0.25) is 0 Å². The summed E-state index contributed by atoms with van der Waals surface area (Å²) in [7, 11) is 0. The summed E-state index contributed by atoms with van der Waals surface area (Å²) in [4.78, 5) is 8.46. The minimum atomic E-state index is 0. The van der Waals surface area contributed by atoms with E-state index in [4.69, 9.17) is 10.3 Å². The molecular formula is C14H20IN5O. The van der Waals surface area contributed by atoms with E-state index in [1.807, 2.05) is 32.0 Å². The van der Waals surface area contributed by atoms with Gasteiger partial charge in [-0.25, -0.2) is 4.98 Å².